The average Bonchev–Trinajstić information content (AvgIpc) is 3.40. The Bertz CT molecular complexity index is 1640. The van der Waals surface area contributed by atoms with E-state index in [0.29, 0.717) is 6.42 Å². The molecule has 1 unspecified atom stereocenters. The summed E-state index contributed by atoms with van der Waals surface area (Å²) < 4.78 is 16.8. The van der Waals surface area contributed by atoms with Gasteiger partial charge in [-0.1, -0.05) is 250 Å². The fourth-order valence-corrected chi connectivity index (χ4v) is 7.69. The normalized spacial score (nSPS) is 13.2. The highest BCUT2D eigenvalue weighted by Crippen LogP contribution is 2.13. The van der Waals surface area contributed by atoms with Gasteiger partial charge in [-0.2, -0.15) is 0 Å². The van der Waals surface area contributed by atoms with Crippen LogP contribution in [0.5, 0.6) is 0 Å². The zero-order valence-electron chi connectivity index (χ0n) is 47.5. The minimum atomic E-state index is -0.835. The van der Waals surface area contributed by atoms with Gasteiger partial charge in [0.05, 0.1) is 6.42 Å². The fraction of sp³-hybridized carbons (Fsp3) is 0.603. The lowest BCUT2D eigenvalue weighted by molar-refractivity contribution is -0.166. The van der Waals surface area contributed by atoms with Crippen molar-refractivity contribution in [2.45, 2.75) is 252 Å². The van der Waals surface area contributed by atoms with Crippen molar-refractivity contribution in [1.82, 2.24) is 0 Å². The van der Waals surface area contributed by atoms with Crippen LogP contribution in [0, 0.1) is 0 Å². The summed E-state index contributed by atoms with van der Waals surface area (Å²) in [6.45, 7) is 6.29. The quantitative estimate of drug-likeness (QED) is 0.0261. The van der Waals surface area contributed by atoms with Crippen molar-refractivity contribution in [3.05, 3.63) is 146 Å². The minimum absolute atomic E-state index is 0.117. The van der Waals surface area contributed by atoms with Gasteiger partial charge in [-0.15, -0.1) is 0 Å². The Morgan fingerprint density at radius 3 is 0.959 bits per heavy atom. The summed E-state index contributed by atoms with van der Waals surface area (Å²) in [6, 6.07) is 0. The maximum Gasteiger partial charge on any atom is 0.309 e. The molecule has 6 nitrogen and oxygen atoms in total. The molecule has 416 valence electrons. The number of ether oxygens (including phenoxy) is 3. The Labute approximate surface area is 455 Å². The topological polar surface area (TPSA) is 78.9 Å². The molecule has 6 heteroatoms. The third-order valence-corrected chi connectivity index (χ3v) is 12.1. The van der Waals surface area contributed by atoms with Crippen LogP contribution in [0.25, 0.3) is 0 Å². The minimum Gasteiger partial charge on any atom is -0.462 e. The van der Waals surface area contributed by atoms with Crippen molar-refractivity contribution in [3.8, 4) is 0 Å². The van der Waals surface area contributed by atoms with E-state index >= 15 is 0 Å². The van der Waals surface area contributed by atoms with Crippen molar-refractivity contribution in [2.24, 2.45) is 0 Å². The van der Waals surface area contributed by atoms with E-state index in [1.54, 1.807) is 6.08 Å². The van der Waals surface area contributed by atoms with E-state index in [1.165, 1.54) is 70.6 Å². The number of carbonyl (C=O) groups is 3. The lowest BCUT2D eigenvalue weighted by Gasteiger charge is -2.18. The number of hydrogen-bond donors (Lipinski definition) is 0. The van der Waals surface area contributed by atoms with Crippen LogP contribution in [0.15, 0.2) is 146 Å². The SMILES string of the molecule is CC/C=C\C/C=C\C/C=C\C/C=C\C/C=C\C/C=C\CCCCCCCCC(=O)OCC(COC(=O)C/C=C\C/C=C\C/C=C\C/C=C\C/C=C\CC)OC(=O)CCCCCCC/C=C\CCCCCCCCC. The Kier molecular flexibility index (Phi) is 57.0. The first-order chi connectivity index (χ1) is 36.5. The van der Waals surface area contributed by atoms with E-state index in [1.807, 2.05) is 6.08 Å². The standard InChI is InChI=1S/C68H108O6/c1-4-7-10-13-16-19-22-25-28-30-31-32-33-34-35-36-37-38-41-43-46-49-52-55-58-61-67(70)73-64-65(63-72-66(69)60-57-54-51-48-45-42-39-27-24-21-18-15-12-9-6-3)74-68(71)62-59-56-53-50-47-44-40-29-26-23-20-17-14-11-8-5-2/h7,9-10,12,16,18-19,21,25,27-29,31-32,34-35,37-40,45,48,54,57,65H,4-6,8,11,13-15,17,20,22-24,26,30,33,36,41-44,46-47,49-53,55-56,58-64H2,1-3H3/b10-7-,12-9-,19-16-,21-18-,28-25-,32-31-,35-34-,38-37-,39-27-,40-29-,48-45-,57-54-. The second-order valence-electron chi connectivity index (χ2n) is 19.2. The summed E-state index contributed by atoms with van der Waals surface area (Å²) in [5.41, 5.74) is 0. The van der Waals surface area contributed by atoms with Crippen LogP contribution in [0.1, 0.15) is 245 Å². The van der Waals surface area contributed by atoms with Crippen LogP contribution in [0.4, 0.5) is 0 Å². The Balaban J connectivity index is 4.50. The highest BCUT2D eigenvalue weighted by Gasteiger charge is 2.19. The second kappa shape index (κ2) is 60.8. The van der Waals surface area contributed by atoms with Gasteiger partial charge in [0.25, 0.3) is 0 Å². The van der Waals surface area contributed by atoms with Gasteiger partial charge in [0.15, 0.2) is 6.10 Å². The first-order valence-electron chi connectivity index (χ1n) is 29.8. The highest BCUT2D eigenvalue weighted by atomic mass is 16.6. The molecule has 0 aliphatic carbocycles. The molecule has 0 radical (unpaired) electrons. The number of esters is 3. The summed E-state index contributed by atoms with van der Waals surface area (Å²) in [6.07, 6.45) is 87.2. The highest BCUT2D eigenvalue weighted by molar-refractivity contribution is 5.72. The lowest BCUT2D eigenvalue weighted by Crippen LogP contribution is -2.30. The molecule has 0 rings (SSSR count). The molecule has 1 atom stereocenters. The first kappa shape index (κ1) is 69.3. The van der Waals surface area contributed by atoms with Crippen LogP contribution in [0.2, 0.25) is 0 Å². The molecule has 0 saturated heterocycles. The van der Waals surface area contributed by atoms with Crippen molar-refractivity contribution < 1.29 is 28.6 Å². The lowest BCUT2D eigenvalue weighted by atomic mass is 10.1. The van der Waals surface area contributed by atoms with Gasteiger partial charge in [0.2, 0.25) is 0 Å². The molecule has 0 amide bonds. The number of carbonyl (C=O) groups excluding carboxylic acids is 3. The Morgan fingerprint density at radius 1 is 0.297 bits per heavy atom. The molecule has 0 spiro atoms. The molecule has 0 saturated carbocycles. The van der Waals surface area contributed by atoms with Crippen LogP contribution in [-0.4, -0.2) is 37.2 Å². The van der Waals surface area contributed by atoms with Crippen molar-refractivity contribution >= 4 is 17.9 Å². The van der Waals surface area contributed by atoms with E-state index in [0.717, 1.165) is 135 Å². The molecule has 0 aliphatic heterocycles. The van der Waals surface area contributed by atoms with Gasteiger partial charge in [0.1, 0.15) is 13.2 Å². The summed E-state index contributed by atoms with van der Waals surface area (Å²) in [7, 11) is 0. The van der Waals surface area contributed by atoms with Gasteiger partial charge in [0, 0.05) is 12.8 Å². The molecule has 74 heavy (non-hydrogen) atoms. The molecule has 0 aromatic rings. The third kappa shape index (κ3) is 58.2. The second-order valence-corrected chi connectivity index (χ2v) is 19.2. The maximum absolute atomic E-state index is 12.9. The van der Waals surface area contributed by atoms with Gasteiger partial charge in [-0.3, -0.25) is 14.4 Å². The van der Waals surface area contributed by atoms with E-state index in [9.17, 15) is 14.4 Å². The van der Waals surface area contributed by atoms with E-state index in [4.69, 9.17) is 14.2 Å². The fourth-order valence-electron chi connectivity index (χ4n) is 7.69. The first-order valence-corrected chi connectivity index (χ1v) is 29.8. The maximum atomic E-state index is 12.9. The summed E-state index contributed by atoms with van der Waals surface area (Å²) in [4.78, 5) is 38.2. The zero-order valence-corrected chi connectivity index (χ0v) is 47.5. The molecule has 0 N–H and O–H groups in total. The van der Waals surface area contributed by atoms with Crippen molar-refractivity contribution in [2.75, 3.05) is 13.2 Å². The van der Waals surface area contributed by atoms with E-state index in [-0.39, 0.29) is 38.0 Å². The molecular formula is C68H108O6. The number of allylic oxidation sites excluding steroid dienone is 23. The van der Waals surface area contributed by atoms with E-state index < -0.39 is 12.1 Å². The molecule has 0 aliphatic rings. The zero-order chi connectivity index (χ0) is 53.6. The van der Waals surface area contributed by atoms with Gasteiger partial charge >= 0.3 is 17.9 Å². The number of unbranched alkanes of at least 4 members (excludes halogenated alkanes) is 18. The Hall–Kier alpha value is -4.71. The van der Waals surface area contributed by atoms with Gasteiger partial charge < -0.3 is 14.2 Å². The number of hydrogen-bond acceptors (Lipinski definition) is 6. The summed E-state index contributed by atoms with van der Waals surface area (Å²) in [5.74, 6) is -1.08. The predicted octanol–water partition coefficient (Wildman–Crippen LogP) is 20.4. The molecule has 0 fully saturated rings. The van der Waals surface area contributed by atoms with Gasteiger partial charge in [-0.05, 0) is 122 Å². The number of rotatable bonds is 52. The predicted molar refractivity (Wildman–Crippen MR) is 320 cm³/mol. The van der Waals surface area contributed by atoms with E-state index in [2.05, 4.69) is 154 Å². The van der Waals surface area contributed by atoms with Crippen LogP contribution >= 0.6 is 0 Å². The summed E-state index contributed by atoms with van der Waals surface area (Å²) in [5, 5.41) is 0. The van der Waals surface area contributed by atoms with Crippen LogP contribution in [0.3, 0.4) is 0 Å². The van der Waals surface area contributed by atoms with Gasteiger partial charge in [-0.25, -0.2) is 0 Å². The molecule has 0 aromatic heterocycles. The average molecular weight is 1020 g/mol. The van der Waals surface area contributed by atoms with Crippen molar-refractivity contribution in [1.29, 1.82) is 0 Å². The molecule has 0 aromatic carbocycles. The van der Waals surface area contributed by atoms with Crippen LogP contribution in [-0.2, 0) is 28.6 Å². The third-order valence-electron chi connectivity index (χ3n) is 12.1. The van der Waals surface area contributed by atoms with Crippen molar-refractivity contribution in [3.63, 3.8) is 0 Å². The Morgan fingerprint density at radius 2 is 0.581 bits per heavy atom. The monoisotopic (exact) mass is 1020 g/mol. The van der Waals surface area contributed by atoms with Crippen LogP contribution < -0.4 is 0 Å². The largest absolute Gasteiger partial charge is 0.462 e. The summed E-state index contributed by atoms with van der Waals surface area (Å²) >= 11 is 0. The molecule has 0 bridgehead atoms. The molecule has 0 heterocycles. The molecular weight excluding hydrogens is 913 g/mol. The smallest absolute Gasteiger partial charge is 0.309 e.